The lowest BCUT2D eigenvalue weighted by molar-refractivity contribution is -0.385. The van der Waals surface area contributed by atoms with Crippen LogP contribution in [-0.4, -0.2) is 29.3 Å². The van der Waals surface area contributed by atoms with E-state index in [0.29, 0.717) is 5.56 Å². The summed E-state index contributed by atoms with van der Waals surface area (Å²) in [6.45, 7) is 0.0876. The average Bonchev–Trinajstić information content (AvgIpc) is 2.28. The molecular weight excluding hydrogens is 246 g/mol. The van der Waals surface area contributed by atoms with Crippen molar-refractivity contribution in [1.29, 1.82) is 0 Å². The van der Waals surface area contributed by atoms with Crippen molar-refractivity contribution in [1.82, 2.24) is 4.90 Å². The van der Waals surface area contributed by atoms with Crippen molar-refractivity contribution in [2.45, 2.75) is 6.54 Å². The normalized spacial score (nSPS) is 9.29. The van der Waals surface area contributed by atoms with Gasteiger partial charge in [0.2, 0.25) is 5.91 Å². The maximum Gasteiger partial charge on any atom is 0.274 e. The van der Waals surface area contributed by atoms with Crippen LogP contribution < -0.4 is 5.73 Å². The number of carbonyl (C=O) groups excluding carboxylic acids is 1. The number of hydrogen-bond donors (Lipinski definition) is 1. The molecule has 0 saturated carbocycles. The molecule has 0 aliphatic carbocycles. The predicted molar refractivity (Wildman–Crippen MR) is 65.9 cm³/mol. The zero-order chi connectivity index (χ0) is 12.1. The molecule has 0 fully saturated rings. The first-order valence-electron chi connectivity index (χ1n) is 4.72. The van der Waals surface area contributed by atoms with Gasteiger partial charge in [-0.2, -0.15) is 0 Å². The van der Waals surface area contributed by atoms with E-state index in [4.69, 9.17) is 5.73 Å². The lowest BCUT2D eigenvalue weighted by Gasteiger charge is -2.15. The SMILES string of the molecule is CN(Cc1ccccc1[N+](=O)[O-])C(=O)CN.Cl. The number of likely N-dealkylation sites (N-methyl/N-ethyl adjacent to an activating group) is 1. The number of nitro benzene ring substituents is 1. The van der Waals surface area contributed by atoms with E-state index in [-0.39, 0.29) is 37.1 Å². The molecule has 1 aromatic rings. The van der Waals surface area contributed by atoms with E-state index in [1.54, 1.807) is 25.2 Å². The Morgan fingerprint density at radius 1 is 1.47 bits per heavy atom. The summed E-state index contributed by atoms with van der Waals surface area (Å²) in [5.74, 6) is -0.252. The van der Waals surface area contributed by atoms with Gasteiger partial charge in [0.05, 0.1) is 18.0 Å². The number of benzene rings is 1. The number of nitrogens with two attached hydrogens (primary N) is 1. The second kappa shape index (κ2) is 6.82. The second-order valence-electron chi connectivity index (χ2n) is 3.34. The zero-order valence-corrected chi connectivity index (χ0v) is 10.1. The number of nitro groups is 1. The predicted octanol–water partition coefficient (Wildman–Crippen LogP) is 0.934. The third-order valence-electron chi connectivity index (χ3n) is 2.20. The quantitative estimate of drug-likeness (QED) is 0.643. The van der Waals surface area contributed by atoms with Crippen molar-refractivity contribution in [2.24, 2.45) is 5.73 Å². The summed E-state index contributed by atoms with van der Waals surface area (Å²) in [7, 11) is 1.56. The first kappa shape index (κ1) is 15.3. The fourth-order valence-electron chi connectivity index (χ4n) is 1.32. The van der Waals surface area contributed by atoms with Crippen LogP contribution in [0.5, 0.6) is 0 Å². The van der Waals surface area contributed by atoms with Gasteiger partial charge in [0.1, 0.15) is 0 Å². The minimum Gasteiger partial charge on any atom is -0.340 e. The fourth-order valence-corrected chi connectivity index (χ4v) is 1.32. The molecule has 0 atom stereocenters. The lowest BCUT2D eigenvalue weighted by Crippen LogP contribution is -2.32. The van der Waals surface area contributed by atoms with E-state index in [0.717, 1.165) is 0 Å². The molecule has 0 aliphatic heterocycles. The van der Waals surface area contributed by atoms with Crippen LogP contribution in [0, 0.1) is 10.1 Å². The second-order valence-corrected chi connectivity index (χ2v) is 3.34. The van der Waals surface area contributed by atoms with Crippen LogP contribution in [0.4, 0.5) is 5.69 Å². The van der Waals surface area contributed by atoms with E-state index in [1.165, 1.54) is 11.0 Å². The number of para-hydroxylation sites is 1. The highest BCUT2D eigenvalue weighted by molar-refractivity contribution is 5.85. The molecule has 0 heterocycles. The van der Waals surface area contributed by atoms with Gasteiger partial charge in [0.15, 0.2) is 0 Å². The smallest absolute Gasteiger partial charge is 0.274 e. The Labute approximate surface area is 105 Å². The Bertz CT molecular complexity index is 412. The summed E-state index contributed by atoms with van der Waals surface area (Å²) >= 11 is 0. The third kappa shape index (κ3) is 4.01. The minimum atomic E-state index is -0.462. The number of amides is 1. The van der Waals surface area contributed by atoms with Gasteiger partial charge >= 0.3 is 0 Å². The maximum atomic E-state index is 11.2. The largest absolute Gasteiger partial charge is 0.340 e. The van der Waals surface area contributed by atoms with Gasteiger partial charge in [-0.25, -0.2) is 0 Å². The molecule has 1 aromatic carbocycles. The third-order valence-corrected chi connectivity index (χ3v) is 2.20. The molecule has 17 heavy (non-hydrogen) atoms. The highest BCUT2D eigenvalue weighted by Gasteiger charge is 2.15. The summed E-state index contributed by atoms with van der Waals surface area (Å²) in [6, 6.07) is 6.32. The molecule has 0 saturated heterocycles. The van der Waals surface area contributed by atoms with Gasteiger partial charge in [-0.05, 0) is 0 Å². The van der Waals surface area contributed by atoms with Gasteiger partial charge in [-0.3, -0.25) is 14.9 Å². The molecular formula is C10H14ClN3O3. The molecule has 0 spiro atoms. The van der Waals surface area contributed by atoms with Crippen LogP contribution in [0.25, 0.3) is 0 Å². The molecule has 94 valence electrons. The maximum absolute atomic E-state index is 11.2. The first-order chi connectivity index (χ1) is 7.56. The molecule has 0 aromatic heterocycles. The topological polar surface area (TPSA) is 89.5 Å². The van der Waals surface area contributed by atoms with E-state index >= 15 is 0 Å². The number of carbonyl (C=O) groups is 1. The summed E-state index contributed by atoms with van der Waals surface area (Å²) < 4.78 is 0. The average molecular weight is 260 g/mol. The molecule has 0 unspecified atom stereocenters. The van der Waals surface area contributed by atoms with E-state index in [9.17, 15) is 14.9 Å². The van der Waals surface area contributed by atoms with Crippen LogP contribution in [-0.2, 0) is 11.3 Å². The Morgan fingerprint density at radius 2 is 2.06 bits per heavy atom. The van der Waals surface area contributed by atoms with Crippen molar-refractivity contribution >= 4 is 24.0 Å². The Balaban J connectivity index is 0.00000256. The van der Waals surface area contributed by atoms with Crippen molar-refractivity contribution in [3.63, 3.8) is 0 Å². The highest BCUT2D eigenvalue weighted by Crippen LogP contribution is 2.18. The number of halogens is 1. The van der Waals surface area contributed by atoms with E-state index in [2.05, 4.69) is 0 Å². The molecule has 1 amide bonds. The van der Waals surface area contributed by atoms with Gasteiger partial charge in [0, 0.05) is 18.7 Å². The summed E-state index contributed by atoms with van der Waals surface area (Å²) in [6.07, 6.45) is 0. The first-order valence-corrected chi connectivity index (χ1v) is 4.72. The van der Waals surface area contributed by atoms with Crippen LogP contribution in [0.1, 0.15) is 5.56 Å². The zero-order valence-electron chi connectivity index (χ0n) is 9.33. The van der Waals surface area contributed by atoms with Gasteiger partial charge in [-0.1, -0.05) is 18.2 Å². The number of hydrogen-bond acceptors (Lipinski definition) is 4. The van der Waals surface area contributed by atoms with Crippen LogP contribution in [0.3, 0.4) is 0 Å². The Kier molecular flexibility index (Phi) is 6.16. The fraction of sp³-hybridized carbons (Fsp3) is 0.300. The van der Waals surface area contributed by atoms with E-state index < -0.39 is 4.92 Å². The molecule has 7 heteroatoms. The molecule has 0 radical (unpaired) electrons. The van der Waals surface area contributed by atoms with Gasteiger partial charge in [-0.15, -0.1) is 12.4 Å². The monoisotopic (exact) mass is 259 g/mol. The summed E-state index contributed by atoms with van der Waals surface area (Å²) in [5.41, 5.74) is 5.71. The molecule has 1 rings (SSSR count). The van der Waals surface area contributed by atoms with E-state index in [1.807, 2.05) is 0 Å². The standard InChI is InChI=1S/C10H13N3O3.ClH/c1-12(10(14)6-11)7-8-4-2-3-5-9(8)13(15)16;/h2-5H,6-7,11H2,1H3;1H. The molecule has 0 bridgehead atoms. The molecule has 6 nitrogen and oxygen atoms in total. The van der Waals surface area contributed by atoms with Crippen molar-refractivity contribution in [3.05, 3.63) is 39.9 Å². The minimum absolute atomic E-state index is 0. The van der Waals surface area contributed by atoms with Crippen LogP contribution in [0.2, 0.25) is 0 Å². The van der Waals surface area contributed by atoms with Crippen molar-refractivity contribution in [2.75, 3.05) is 13.6 Å². The number of nitrogens with zero attached hydrogens (tertiary/aromatic N) is 2. The lowest BCUT2D eigenvalue weighted by atomic mass is 10.1. The summed E-state index contributed by atoms with van der Waals surface area (Å²) in [5, 5.41) is 10.7. The van der Waals surface area contributed by atoms with Crippen LogP contribution >= 0.6 is 12.4 Å². The van der Waals surface area contributed by atoms with Gasteiger partial charge in [0.25, 0.3) is 5.69 Å². The molecule has 0 aliphatic rings. The van der Waals surface area contributed by atoms with Crippen molar-refractivity contribution < 1.29 is 9.72 Å². The molecule has 2 N–H and O–H groups in total. The number of rotatable bonds is 4. The summed E-state index contributed by atoms with van der Waals surface area (Å²) in [4.78, 5) is 22.8. The van der Waals surface area contributed by atoms with Crippen LogP contribution in [0.15, 0.2) is 24.3 Å². The highest BCUT2D eigenvalue weighted by atomic mass is 35.5. The van der Waals surface area contributed by atoms with Crippen molar-refractivity contribution in [3.8, 4) is 0 Å². The Morgan fingerprint density at radius 3 is 2.59 bits per heavy atom. The van der Waals surface area contributed by atoms with Gasteiger partial charge < -0.3 is 10.6 Å². The Hall–Kier alpha value is -1.66.